The zero-order chi connectivity index (χ0) is 17.4. The van der Waals surface area contributed by atoms with Crippen molar-refractivity contribution in [2.75, 3.05) is 19.5 Å². The number of nitrogens with one attached hydrogen (secondary N) is 1. The molecule has 1 saturated carbocycles. The maximum atomic E-state index is 12.4. The molecule has 0 heterocycles. The number of carboxylic acid groups (broad SMARTS) is 1. The SMILES string of the molecule is COC(=O)c1ccc(OC)c(NC(=O)[C@@H]2[C@@H](C(=O)O)C2(C)C)c1. The number of esters is 1. The van der Waals surface area contributed by atoms with E-state index >= 15 is 0 Å². The molecule has 124 valence electrons. The van der Waals surface area contributed by atoms with Gasteiger partial charge in [0, 0.05) is 0 Å². The van der Waals surface area contributed by atoms with Crippen LogP contribution in [0.1, 0.15) is 24.2 Å². The normalized spacial score (nSPS) is 21.2. The Morgan fingerprint density at radius 2 is 1.83 bits per heavy atom. The first kappa shape index (κ1) is 16.8. The summed E-state index contributed by atoms with van der Waals surface area (Å²) in [6.07, 6.45) is 0. The highest BCUT2D eigenvalue weighted by molar-refractivity contribution is 6.01. The van der Waals surface area contributed by atoms with Gasteiger partial charge in [0.25, 0.3) is 0 Å². The molecule has 2 rings (SSSR count). The summed E-state index contributed by atoms with van der Waals surface area (Å²) in [6.45, 7) is 3.47. The number of carbonyl (C=O) groups excluding carboxylic acids is 2. The maximum absolute atomic E-state index is 12.4. The highest BCUT2D eigenvalue weighted by atomic mass is 16.5. The van der Waals surface area contributed by atoms with Crippen molar-refractivity contribution in [3.63, 3.8) is 0 Å². The average Bonchev–Trinajstić information content (AvgIpc) is 3.09. The first-order valence-corrected chi connectivity index (χ1v) is 7.04. The molecular formula is C16H19NO6. The van der Waals surface area contributed by atoms with E-state index < -0.39 is 35.1 Å². The number of benzene rings is 1. The molecule has 0 radical (unpaired) electrons. The van der Waals surface area contributed by atoms with Gasteiger partial charge in [0.2, 0.25) is 5.91 Å². The monoisotopic (exact) mass is 321 g/mol. The van der Waals surface area contributed by atoms with E-state index in [0.29, 0.717) is 11.4 Å². The lowest BCUT2D eigenvalue weighted by atomic mass is 10.1. The first-order chi connectivity index (χ1) is 10.7. The van der Waals surface area contributed by atoms with Crippen LogP contribution in [0.15, 0.2) is 18.2 Å². The third-order valence-electron chi connectivity index (χ3n) is 4.25. The van der Waals surface area contributed by atoms with Crippen molar-refractivity contribution in [2.24, 2.45) is 17.3 Å². The fraction of sp³-hybridized carbons (Fsp3) is 0.438. The number of hydrogen-bond acceptors (Lipinski definition) is 5. The molecule has 23 heavy (non-hydrogen) atoms. The second kappa shape index (κ2) is 5.91. The predicted molar refractivity (Wildman–Crippen MR) is 81.4 cm³/mol. The van der Waals surface area contributed by atoms with Gasteiger partial charge in [-0.1, -0.05) is 13.8 Å². The van der Waals surface area contributed by atoms with Gasteiger partial charge in [0.15, 0.2) is 0 Å². The van der Waals surface area contributed by atoms with E-state index in [4.69, 9.17) is 9.84 Å². The van der Waals surface area contributed by atoms with Crippen LogP contribution in [-0.2, 0) is 14.3 Å². The fourth-order valence-corrected chi connectivity index (χ4v) is 2.85. The molecule has 0 aromatic heterocycles. The van der Waals surface area contributed by atoms with Crippen molar-refractivity contribution in [3.8, 4) is 5.75 Å². The third kappa shape index (κ3) is 2.99. The average molecular weight is 321 g/mol. The molecule has 1 fully saturated rings. The number of hydrogen-bond donors (Lipinski definition) is 2. The summed E-state index contributed by atoms with van der Waals surface area (Å²) in [5.41, 5.74) is -0.0518. The lowest BCUT2D eigenvalue weighted by Crippen LogP contribution is -2.18. The van der Waals surface area contributed by atoms with E-state index in [1.807, 2.05) is 0 Å². The third-order valence-corrected chi connectivity index (χ3v) is 4.25. The number of methoxy groups -OCH3 is 2. The maximum Gasteiger partial charge on any atom is 0.337 e. The minimum atomic E-state index is -0.995. The van der Waals surface area contributed by atoms with Gasteiger partial charge < -0.3 is 19.9 Å². The van der Waals surface area contributed by atoms with Gasteiger partial charge in [-0.05, 0) is 23.6 Å². The molecule has 1 aliphatic carbocycles. The molecule has 0 saturated heterocycles. The molecule has 7 nitrogen and oxygen atoms in total. The number of carbonyl (C=O) groups is 3. The largest absolute Gasteiger partial charge is 0.495 e. The zero-order valence-corrected chi connectivity index (χ0v) is 13.4. The smallest absolute Gasteiger partial charge is 0.337 e. The minimum Gasteiger partial charge on any atom is -0.495 e. The number of anilines is 1. The molecule has 1 aromatic rings. The van der Waals surface area contributed by atoms with E-state index in [0.717, 1.165) is 0 Å². The topological polar surface area (TPSA) is 102 Å². The second-order valence-corrected chi connectivity index (χ2v) is 6.01. The Balaban J connectivity index is 2.24. The highest BCUT2D eigenvalue weighted by Gasteiger charge is 2.65. The quantitative estimate of drug-likeness (QED) is 0.802. The van der Waals surface area contributed by atoms with Crippen LogP contribution < -0.4 is 10.1 Å². The van der Waals surface area contributed by atoms with Gasteiger partial charge in [0.1, 0.15) is 5.75 Å². The number of carboxylic acids is 1. The Morgan fingerprint density at radius 1 is 1.17 bits per heavy atom. The highest BCUT2D eigenvalue weighted by Crippen LogP contribution is 2.58. The zero-order valence-electron chi connectivity index (χ0n) is 13.4. The lowest BCUT2D eigenvalue weighted by molar-refractivity contribution is -0.140. The summed E-state index contributed by atoms with van der Waals surface area (Å²) in [4.78, 5) is 35.2. The molecule has 2 atom stereocenters. The summed E-state index contributed by atoms with van der Waals surface area (Å²) in [6, 6.07) is 4.49. The molecule has 1 amide bonds. The summed E-state index contributed by atoms with van der Waals surface area (Å²) < 4.78 is 9.80. The van der Waals surface area contributed by atoms with Gasteiger partial charge >= 0.3 is 11.9 Å². The standard InChI is InChI=1S/C16H19NO6/c1-16(2)11(12(16)14(19)20)13(18)17-9-7-8(15(21)23-4)5-6-10(9)22-3/h5-7,11-12H,1-4H3,(H,17,18)(H,19,20)/t11-,12-/m0/s1. The van der Waals surface area contributed by atoms with Crippen LogP contribution >= 0.6 is 0 Å². The van der Waals surface area contributed by atoms with Crippen LogP contribution in [0.3, 0.4) is 0 Å². The van der Waals surface area contributed by atoms with Gasteiger partial charge in [-0.3, -0.25) is 9.59 Å². The van der Waals surface area contributed by atoms with Crippen molar-refractivity contribution < 1.29 is 29.0 Å². The predicted octanol–water partition coefficient (Wildman–Crippen LogP) is 1.78. The minimum absolute atomic E-state index is 0.258. The summed E-state index contributed by atoms with van der Waals surface area (Å²) in [5, 5.41) is 11.8. The van der Waals surface area contributed by atoms with Gasteiger partial charge in [-0.25, -0.2) is 4.79 Å². The molecular weight excluding hydrogens is 302 g/mol. The van der Waals surface area contributed by atoms with Crippen molar-refractivity contribution in [1.29, 1.82) is 0 Å². The van der Waals surface area contributed by atoms with E-state index in [1.165, 1.54) is 32.4 Å². The Labute approximate surface area is 133 Å². The molecule has 0 bridgehead atoms. The molecule has 0 aliphatic heterocycles. The van der Waals surface area contributed by atoms with Crippen molar-refractivity contribution >= 4 is 23.5 Å². The molecule has 0 unspecified atom stereocenters. The van der Waals surface area contributed by atoms with Gasteiger partial charge in [-0.2, -0.15) is 0 Å². The molecule has 0 spiro atoms. The van der Waals surface area contributed by atoms with E-state index in [1.54, 1.807) is 13.8 Å². The van der Waals surface area contributed by atoms with Crippen LogP contribution in [0.5, 0.6) is 5.75 Å². The Bertz CT molecular complexity index is 667. The van der Waals surface area contributed by atoms with Crippen LogP contribution in [0, 0.1) is 17.3 Å². The molecule has 2 N–H and O–H groups in total. The lowest BCUT2D eigenvalue weighted by Gasteiger charge is -2.12. The van der Waals surface area contributed by atoms with Crippen molar-refractivity contribution in [2.45, 2.75) is 13.8 Å². The van der Waals surface area contributed by atoms with Crippen molar-refractivity contribution in [3.05, 3.63) is 23.8 Å². The van der Waals surface area contributed by atoms with Gasteiger partial charge in [-0.15, -0.1) is 0 Å². The number of amides is 1. The Morgan fingerprint density at radius 3 is 2.30 bits per heavy atom. The molecule has 1 aromatic carbocycles. The second-order valence-electron chi connectivity index (χ2n) is 6.01. The number of rotatable bonds is 5. The van der Waals surface area contributed by atoms with Crippen LogP contribution in [0.4, 0.5) is 5.69 Å². The molecule has 1 aliphatic rings. The summed E-state index contributed by atoms with van der Waals surface area (Å²) >= 11 is 0. The van der Waals surface area contributed by atoms with E-state index in [9.17, 15) is 14.4 Å². The van der Waals surface area contributed by atoms with Crippen LogP contribution in [0.25, 0.3) is 0 Å². The summed E-state index contributed by atoms with van der Waals surface area (Å²) in [5.74, 6) is -2.94. The van der Waals surface area contributed by atoms with Crippen LogP contribution in [0.2, 0.25) is 0 Å². The van der Waals surface area contributed by atoms with E-state index in [2.05, 4.69) is 10.1 Å². The van der Waals surface area contributed by atoms with Crippen LogP contribution in [-0.4, -0.2) is 37.2 Å². The van der Waals surface area contributed by atoms with Crippen molar-refractivity contribution in [1.82, 2.24) is 0 Å². The van der Waals surface area contributed by atoms with E-state index in [-0.39, 0.29) is 5.56 Å². The first-order valence-electron chi connectivity index (χ1n) is 7.04. The molecule has 7 heteroatoms. The van der Waals surface area contributed by atoms with Gasteiger partial charge in [0.05, 0.1) is 37.3 Å². The fourth-order valence-electron chi connectivity index (χ4n) is 2.85. The summed E-state index contributed by atoms with van der Waals surface area (Å²) in [7, 11) is 2.69. The number of ether oxygens (including phenoxy) is 2. The number of aliphatic carboxylic acids is 1. The Kier molecular flexibility index (Phi) is 4.31. The Hall–Kier alpha value is -2.57.